The Morgan fingerprint density at radius 3 is 2.54 bits per heavy atom. The third-order valence-electron chi connectivity index (χ3n) is 6.90. The van der Waals surface area contributed by atoms with Crippen LogP contribution >= 0.6 is 0 Å². The molecule has 9 heteroatoms. The number of carbonyl (C=O) groups excluding carboxylic acids is 2. The van der Waals surface area contributed by atoms with E-state index in [2.05, 4.69) is 4.98 Å². The zero-order valence-electron chi connectivity index (χ0n) is 22.9. The topological polar surface area (TPSA) is 84.9 Å². The van der Waals surface area contributed by atoms with E-state index >= 15 is 4.39 Å². The molecular formula is C30H35FN4O4. The highest BCUT2D eigenvalue weighted by Crippen LogP contribution is 2.30. The number of benzene rings is 2. The number of hydrogen-bond donors (Lipinski definition) is 0. The molecule has 0 aliphatic carbocycles. The minimum atomic E-state index is -0.471. The zero-order chi connectivity index (χ0) is 27.9. The molecule has 1 saturated heterocycles. The fourth-order valence-corrected chi connectivity index (χ4v) is 4.73. The first kappa shape index (κ1) is 28.0. The van der Waals surface area contributed by atoms with E-state index in [1.165, 1.54) is 12.3 Å². The zero-order valence-corrected chi connectivity index (χ0v) is 22.9. The SMILES string of the molecule is CCOC(=O)C1CCN(c2ncc(C(=O)N(Cc3cccc(OC)c3)C(C)C)c(-c3ccccc3F)n2)CC1. The largest absolute Gasteiger partial charge is 0.497 e. The van der Waals surface area contributed by atoms with E-state index in [0.717, 1.165) is 5.56 Å². The summed E-state index contributed by atoms with van der Waals surface area (Å²) in [5.74, 6) is -0.00829. The molecule has 2 heterocycles. The number of aromatic nitrogens is 2. The van der Waals surface area contributed by atoms with Gasteiger partial charge < -0.3 is 19.3 Å². The van der Waals surface area contributed by atoms with Crippen LogP contribution in [0, 0.1) is 11.7 Å². The lowest BCUT2D eigenvalue weighted by Crippen LogP contribution is -2.39. The molecule has 0 atom stereocenters. The summed E-state index contributed by atoms with van der Waals surface area (Å²) in [5.41, 5.74) is 1.61. The average Bonchev–Trinajstić information content (AvgIpc) is 2.95. The highest BCUT2D eigenvalue weighted by molar-refractivity contribution is 6.00. The van der Waals surface area contributed by atoms with Gasteiger partial charge in [-0.1, -0.05) is 24.3 Å². The molecule has 0 radical (unpaired) electrons. The van der Waals surface area contributed by atoms with Crippen LogP contribution in [0.15, 0.2) is 54.7 Å². The van der Waals surface area contributed by atoms with E-state index in [9.17, 15) is 9.59 Å². The summed E-state index contributed by atoms with van der Waals surface area (Å²) in [6.45, 7) is 7.48. The van der Waals surface area contributed by atoms with Gasteiger partial charge in [0.05, 0.1) is 30.9 Å². The van der Waals surface area contributed by atoms with Crippen molar-refractivity contribution in [2.75, 3.05) is 31.7 Å². The number of methoxy groups -OCH3 is 1. The Kier molecular flexibility index (Phi) is 9.11. The molecule has 1 aliphatic heterocycles. The quantitative estimate of drug-likeness (QED) is 0.352. The van der Waals surface area contributed by atoms with Gasteiger partial charge in [0.25, 0.3) is 5.91 Å². The molecule has 0 bridgehead atoms. The van der Waals surface area contributed by atoms with Gasteiger partial charge in [-0.05, 0) is 63.4 Å². The molecule has 2 aromatic carbocycles. The summed E-state index contributed by atoms with van der Waals surface area (Å²) >= 11 is 0. The van der Waals surface area contributed by atoms with Crippen LogP contribution in [0.2, 0.25) is 0 Å². The molecule has 3 aromatic rings. The van der Waals surface area contributed by atoms with Gasteiger partial charge >= 0.3 is 5.97 Å². The number of hydrogen-bond acceptors (Lipinski definition) is 7. The van der Waals surface area contributed by atoms with Crippen LogP contribution in [0.25, 0.3) is 11.3 Å². The summed E-state index contributed by atoms with van der Waals surface area (Å²) in [6.07, 6.45) is 2.71. The van der Waals surface area contributed by atoms with Crippen molar-refractivity contribution in [3.63, 3.8) is 0 Å². The van der Waals surface area contributed by atoms with Crippen molar-refractivity contribution < 1.29 is 23.5 Å². The highest BCUT2D eigenvalue weighted by Gasteiger charge is 2.29. The van der Waals surface area contributed by atoms with Crippen molar-refractivity contribution in [2.24, 2.45) is 5.92 Å². The number of carbonyl (C=O) groups is 2. The maximum absolute atomic E-state index is 15.0. The predicted molar refractivity (Wildman–Crippen MR) is 147 cm³/mol. The van der Waals surface area contributed by atoms with E-state index in [0.29, 0.717) is 50.8 Å². The smallest absolute Gasteiger partial charge is 0.309 e. The highest BCUT2D eigenvalue weighted by atomic mass is 19.1. The van der Waals surface area contributed by atoms with Crippen molar-refractivity contribution in [1.29, 1.82) is 0 Å². The molecule has 8 nitrogen and oxygen atoms in total. The Morgan fingerprint density at radius 2 is 1.87 bits per heavy atom. The van der Waals surface area contributed by atoms with Crippen LogP contribution < -0.4 is 9.64 Å². The van der Waals surface area contributed by atoms with E-state index in [-0.39, 0.29) is 40.7 Å². The minimum Gasteiger partial charge on any atom is -0.497 e. The van der Waals surface area contributed by atoms with E-state index in [1.54, 1.807) is 37.1 Å². The van der Waals surface area contributed by atoms with Gasteiger partial charge in [0.15, 0.2) is 0 Å². The lowest BCUT2D eigenvalue weighted by Gasteiger charge is -2.31. The van der Waals surface area contributed by atoms with E-state index in [4.69, 9.17) is 14.5 Å². The third-order valence-corrected chi connectivity index (χ3v) is 6.90. The van der Waals surface area contributed by atoms with Gasteiger partial charge in [0.2, 0.25) is 5.95 Å². The number of ether oxygens (including phenoxy) is 2. The van der Waals surface area contributed by atoms with Crippen molar-refractivity contribution in [2.45, 2.75) is 46.2 Å². The van der Waals surface area contributed by atoms with Gasteiger partial charge in [-0.15, -0.1) is 0 Å². The fourth-order valence-electron chi connectivity index (χ4n) is 4.73. The molecule has 206 valence electrons. The van der Waals surface area contributed by atoms with Crippen molar-refractivity contribution in [1.82, 2.24) is 14.9 Å². The number of nitrogens with zero attached hydrogens (tertiary/aromatic N) is 4. The Morgan fingerprint density at radius 1 is 1.13 bits per heavy atom. The first-order chi connectivity index (χ1) is 18.8. The molecule has 0 unspecified atom stereocenters. The maximum atomic E-state index is 15.0. The number of amides is 1. The van der Waals surface area contributed by atoms with Gasteiger partial charge in [0.1, 0.15) is 11.6 Å². The number of esters is 1. The van der Waals surface area contributed by atoms with E-state index < -0.39 is 5.82 Å². The lowest BCUT2D eigenvalue weighted by atomic mass is 9.97. The molecular weight excluding hydrogens is 499 g/mol. The fraction of sp³-hybridized carbons (Fsp3) is 0.400. The second-order valence-corrected chi connectivity index (χ2v) is 9.80. The predicted octanol–water partition coefficient (Wildman–Crippen LogP) is 5.12. The van der Waals surface area contributed by atoms with Crippen molar-refractivity contribution in [3.05, 3.63) is 71.7 Å². The Hall–Kier alpha value is -4.01. The monoisotopic (exact) mass is 534 g/mol. The molecule has 0 N–H and O–H groups in total. The summed E-state index contributed by atoms with van der Waals surface area (Å²) in [4.78, 5) is 39.0. The van der Waals surface area contributed by atoms with E-state index in [1.807, 2.05) is 43.0 Å². The molecule has 39 heavy (non-hydrogen) atoms. The summed E-state index contributed by atoms with van der Waals surface area (Å²) in [7, 11) is 1.60. The Bertz CT molecular complexity index is 1310. The van der Waals surface area contributed by atoms with Crippen LogP contribution in [0.3, 0.4) is 0 Å². The van der Waals surface area contributed by atoms with Gasteiger partial charge in [-0.25, -0.2) is 14.4 Å². The third kappa shape index (κ3) is 6.53. The Balaban J connectivity index is 1.66. The molecule has 0 saturated carbocycles. The first-order valence-corrected chi connectivity index (χ1v) is 13.3. The second-order valence-electron chi connectivity index (χ2n) is 9.80. The first-order valence-electron chi connectivity index (χ1n) is 13.3. The standard InChI is InChI=1S/C30H35FN4O4/c1-5-39-29(37)22-13-15-34(16-14-22)30-32-18-25(27(33-30)24-11-6-7-12-26(24)31)28(36)35(20(2)3)19-21-9-8-10-23(17-21)38-4/h6-12,17-18,20,22H,5,13-16,19H2,1-4H3. The number of anilines is 1. The summed E-state index contributed by atoms with van der Waals surface area (Å²) < 4.78 is 25.5. The van der Waals surface area contributed by atoms with Crippen molar-refractivity contribution in [3.8, 4) is 17.0 Å². The van der Waals surface area contributed by atoms with Crippen LogP contribution in [-0.2, 0) is 16.1 Å². The number of piperidine rings is 1. The van der Waals surface area contributed by atoms with Gasteiger partial charge in [-0.3, -0.25) is 9.59 Å². The van der Waals surface area contributed by atoms with Gasteiger partial charge in [0, 0.05) is 37.4 Å². The van der Waals surface area contributed by atoms with Crippen LogP contribution in [-0.4, -0.2) is 59.6 Å². The second kappa shape index (κ2) is 12.7. The molecule has 4 rings (SSSR count). The van der Waals surface area contributed by atoms with Gasteiger partial charge in [-0.2, -0.15) is 0 Å². The summed E-state index contributed by atoms with van der Waals surface area (Å²) in [5, 5.41) is 0. The van der Waals surface area contributed by atoms with Crippen LogP contribution in [0.4, 0.5) is 10.3 Å². The average molecular weight is 535 g/mol. The normalized spacial score (nSPS) is 13.8. The molecule has 1 aromatic heterocycles. The number of rotatable bonds is 9. The molecule has 0 spiro atoms. The van der Waals surface area contributed by atoms with Crippen LogP contribution in [0.5, 0.6) is 5.75 Å². The molecule has 1 aliphatic rings. The van der Waals surface area contributed by atoms with Crippen LogP contribution in [0.1, 0.15) is 49.5 Å². The Labute approximate surface area is 228 Å². The molecule has 1 amide bonds. The minimum absolute atomic E-state index is 0.140. The summed E-state index contributed by atoms with van der Waals surface area (Å²) in [6, 6.07) is 13.7. The number of halogens is 1. The maximum Gasteiger partial charge on any atom is 0.309 e. The van der Waals surface area contributed by atoms with Crippen molar-refractivity contribution >= 4 is 17.8 Å². The molecule has 1 fully saturated rings. The lowest BCUT2D eigenvalue weighted by molar-refractivity contribution is -0.148.